The number of rotatable bonds is 18. The highest BCUT2D eigenvalue weighted by atomic mass is 16.4. The number of hydrogen-bond acceptors (Lipinski definition) is 4. The normalized spacial score (nSPS) is 10.3. The van der Waals surface area contributed by atoms with Crippen LogP contribution in [0.2, 0.25) is 0 Å². The third kappa shape index (κ3) is 18.7. The smallest absolute Gasteiger partial charge is 0.322 e. The summed E-state index contributed by atoms with van der Waals surface area (Å²) in [6, 6.07) is 0. The number of nitrogens with one attached hydrogen (secondary N) is 3. The molecule has 0 radical (unpaired) electrons. The molecule has 162 valence electrons. The first kappa shape index (κ1) is 25.9. The van der Waals surface area contributed by atoms with Crippen LogP contribution in [0.4, 0.5) is 0 Å². The van der Waals surface area contributed by atoms with Crippen molar-refractivity contribution in [3.63, 3.8) is 0 Å². The molecule has 0 unspecified atom stereocenters. The number of aliphatic carboxylic acids is 1. The van der Waals surface area contributed by atoms with Crippen LogP contribution >= 0.6 is 0 Å². The van der Waals surface area contributed by atoms with E-state index in [0.29, 0.717) is 6.42 Å². The SMILES string of the molecule is CCCCCCCCCCCCCC(=O)NCC(=O)NCC(=O)NCC(=O)O. The molecule has 4 N–H and O–H groups in total. The van der Waals surface area contributed by atoms with Gasteiger partial charge in [0.1, 0.15) is 6.54 Å². The van der Waals surface area contributed by atoms with Crippen LogP contribution in [-0.4, -0.2) is 48.4 Å². The molecule has 0 bridgehead atoms. The maximum atomic E-state index is 11.7. The molecular formula is C20H37N3O5. The predicted octanol–water partition coefficient (Wildman–Crippen LogP) is 2.12. The Morgan fingerprint density at radius 3 is 1.43 bits per heavy atom. The van der Waals surface area contributed by atoms with Gasteiger partial charge in [-0.2, -0.15) is 0 Å². The van der Waals surface area contributed by atoms with E-state index >= 15 is 0 Å². The highest BCUT2D eigenvalue weighted by molar-refractivity contribution is 5.89. The van der Waals surface area contributed by atoms with Crippen molar-refractivity contribution in [3.8, 4) is 0 Å². The molecule has 8 nitrogen and oxygen atoms in total. The van der Waals surface area contributed by atoms with E-state index in [4.69, 9.17) is 5.11 Å². The molecule has 0 aromatic heterocycles. The Balaban J connectivity index is 3.46. The lowest BCUT2D eigenvalue weighted by Crippen LogP contribution is -2.42. The van der Waals surface area contributed by atoms with E-state index in [1.807, 2.05) is 0 Å². The van der Waals surface area contributed by atoms with Crippen LogP contribution in [-0.2, 0) is 19.2 Å². The largest absolute Gasteiger partial charge is 0.480 e. The van der Waals surface area contributed by atoms with Gasteiger partial charge in [-0.15, -0.1) is 0 Å². The molecule has 0 aromatic rings. The van der Waals surface area contributed by atoms with E-state index in [2.05, 4.69) is 22.9 Å². The lowest BCUT2D eigenvalue weighted by Gasteiger charge is -2.07. The first-order valence-corrected chi connectivity index (χ1v) is 10.5. The fourth-order valence-corrected chi connectivity index (χ4v) is 2.70. The monoisotopic (exact) mass is 399 g/mol. The van der Waals surface area contributed by atoms with Gasteiger partial charge in [-0.05, 0) is 6.42 Å². The van der Waals surface area contributed by atoms with Crippen molar-refractivity contribution in [2.24, 2.45) is 0 Å². The Morgan fingerprint density at radius 1 is 0.571 bits per heavy atom. The van der Waals surface area contributed by atoms with Gasteiger partial charge in [0.25, 0.3) is 0 Å². The zero-order valence-corrected chi connectivity index (χ0v) is 17.2. The molecule has 0 aliphatic carbocycles. The zero-order chi connectivity index (χ0) is 21.0. The molecule has 0 aromatic carbocycles. The van der Waals surface area contributed by atoms with Crippen molar-refractivity contribution in [3.05, 3.63) is 0 Å². The summed E-state index contributed by atoms with van der Waals surface area (Å²) in [6.45, 7) is 1.22. The molecule has 0 fully saturated rings. The highest BCUT2D eigenvalue weighted by Crippen LogP contribution is 2.11. The fourth-order valence-electron chi connectivity index (χ4n) is 2.70. The van der Waals surface area contributed by atoms with Gasteiger partial charge in [0, 0.05) is 6.42 Å². The number of hydrogen-bond donors (Lipinski definition) is 4. The average molecular weight is 400 g/mol. The van der Waals surface area contributed by atoms with Gasteiger partial charge in [-0.25, -0.2) is 0 Å². The predicted molar refractivity (Wildman–Crippen MR) is 108 cm³/mol. The van der Waals surface area contributed by atoms with E-state index in [-0.39, 0.29) is 19.0 Å². The first-order valence-electron chi connectivity index (χ1n) is 10.5. The van der Waals surface area contributed by atoms with Gasteiger partial charge < -0.3 is 21.1 Å². The van der Waals surface area contributed by atoms with Crippen molar-refractivity contribution in [1.29, 1.82) is 0 Å². The van der Waals surface area contributed by atoms with Crippen LogP contribution in [0.25, 0.3) is 0 Å². The highest BCUT2D eigenvalue weighted by Gasteiger charge is 2.08. The number of unbranched alkanes of at least 4 members (excludes halogenated alkanes) is 10. The third-order valence-corrected chi connectivity index (χ3v) is 4.34. The number of carboxylic acids is 1. The van der Waals surface area contributed by atoms with Crippen LogP contribution in [0.15, 0.2) is 0 Å². The van der Waals surface area contributed by atoms with Crippen molar-refractivity contribution >= 4 is 23.7 Å². The maximum absolute atomic E-state index is 11.7. The molecule has 0 heterocycles. The summed E-state index contributed by atoms with van der Waals surface area (Å²) in [6.07, 6.45) is 13.8. The molecule has 8 heteroatoms. The molecule has 0 aliphatic heterocycles. The van der Waals surface area contributed by atoms with Crippen LogP contribution in [0.1, 0.15) is 84.0 Å². The molecule has 0 saturated heterocycles. The lowest BCUT2D eigenvalue weighted by molar-refractivity contribution is -0.137. The molecular weight excluding hydrogens is 362 g/mol. The Labute approximate surface area is 168 Å². The number of amides is 3. The Hall–Kier alpha value is -2.12. The Morgan fingerprint density at radius 2 is 0.964 bits per heavy atom. The summed E-state index contributed by atoms with van der Waals surface area (Å²) in [5.41, 5.74) is 0. The van der Waals surface area contributed by atoms with Crippen molar-refractivity contribution in [2.75, 3.05) is 19.6 Å². The molecule has 0 atom stereocenters. The molecule has 0 spiro atoms. The second-order valence-electron chi connectivity index (χ2n) is 7.01. The minimum absolute atomic E-state index is 0.179. The lowest BCUT2D eigenvalue weighted by atomic mass is 10.1. The van der Waals surface area contributed by atoms with Gasteiger partial charge >= 0.3 is 5.97 Å². The molecule has 3 amide bonds. The van der Waals surface area contributed by atoms with E-state index in [1.54, 1.807) is 0 Å². The van der Waals surface area contributed by atoms with E-state index in [9.17, 15) is 19.2 Å². The van der Waals surface area contributed by atoms with Crippen molar-refractivity contribution in [2.45, 2.75) is 84.0 Å². The Bertz CT molecular complexity index is 469. The second-order valence-corrected chi connectivity index (χ2v) is 7.01. The standard InChI is InChI=1S/C20H37N3O5/c1-2-3-4-5-6-7-8-9-10-11-12-13-17(24)21-14-18(25)22-15-19(26)23-16-20(27)28/h2-16H2,1H3,(H,21,24)(H,22,25)(H,23,26)(H,27,28). The van der Waals surface area contributed by atoms with Crippen LogP contribution in [0.3, 0.4) is 0 Å². The summed E-state index contributed by atoms with van der Waals surface area (Å²) < 4.78 is 0. The van der Waals surface area contributed by atoms with Crippen LogP contribution in [0.5, 0.6) is 0 Å². The van der Waals surface area contributed by atoms with Crippen molar-refractivity contribution in [1.82, 2.24) is 16.0 Å². The van der Waals surface area contributed by atoms with Gasteiger partial charge in [0.05, 0.1) is 13.1 Å². The summed E-state index contributed by atoms with van der Waals surface area (Å²) in [4.78, 5) is 44.7. The van der Waals surface area contributed by atoms with Gasteiger partial charge in [0.15, 0.2) is 0 Å². The van der Waals surface area contributed by atoms with Gasteiger partial charge in [-0.1, -0.05) is 71.1 Å². The van der Waals surface area contributed by atoms with E-state index in [0.717, 1.165) is 19.3 Å². The minimum Gasteiger partial charge on any atom is -0.480 e. The summed E-state index contributed by atoms with van der Waals surface area (Å²) in [5, 5.41) is 15.4. The van der Waals surface area contributed by atoms with Gasteiger partial charge in [-0.3, -0.25) is 19.2 Å². The number of carbonyl (C=O) groups is 4. The van der Waals surface area contributed by atoms with Crippen LogP contribution < -0.4 is 16.0 Å². The third-order valence-electron chi connectivity index (χ3n) is 4.34. The van der Waals surface area contributed by atoms with Crippen LogP contribution in [0, 0.1) is 0 Å². The molecule has 28 heavy (non-hydrogen) atoms. The average Bonchev–Trinajstić information content (AvgIpc) is 2.67. The fraction of sp³-hybridized carbons (Fsp3) is 0.800. The van der Waals surface area contributed by atoms with Crippen molar-refractivity contribution < 1.29 is 24.3 Å². The van der Waals surface area contributed by atoms with E-state index in [1.165, 1.54) is 51.4 Å². The maximum Gasteiger partial charge on any atom is 0.322 e. The van der Waals surface area contributed by atoms with Gasteiger partial charge in [0.2, 0.25) is 17.7 Å². The molecule has 0 aliphatic rings. The summed E-state index contributed by atoms with van der Waals surface area (Å²) in [5.74, 6) is -2.42. The number of carboxylic acid groups (broad SMARTS) is 1. The topological polar surface area (TPSA) is 125 Å². The zero-order valence-electron chi connectivity index (χ0n) is 17.2. The molecule has 0 saturated carbocycles. The molecule has 0 rings (SSSR count). The summed E-state index contributed by atoms with van der Waals surface area (Å²) in [7, 11) is 0. The second kappa shape index (κ2) is 18.3. The first-order chi connectivity index (χ1) is 13.5. The number of carbonyl (C=O) groups excluding carboxylic acids is 3. The van der Waals surface area contributed by atoms with E-state index < -0.39 is 24.3 Å². The Kier molecular flexibility index (Phi) is 16.9. The minimum atomic E-state index is -1.16. The quantitative estimate of drug-likeness (QED) is 0.263. The summed E-state index contributed by atoms with van der Waals surface area (Å²) >= 11 is 0.